The molecular formula is C15H14F2N2O3S. The summed E-state index contributed by atoms with van der Waals surface area (Å²) in [5.41, 5.74) is 5.32. The van der Waals surface area contributed by atoms with Gasteiger partial charge < -0.3 is 5.73 Å². The van der Waals surface area contributed by atoms with Crippen LogP contribution in [-0.4, -0.2) is 25.7 Å². The van der Waals surface area contributed by atoms with Gasteiger partial charge in [-0.3, -0.25) is 4.79 Å². The molecule has 0 saturated heterocycles. The Hall–Kier alpha value is -2.32. The maximum atomic E-state index is 13.6. The molecule has 2 aromatic rings. The molecule has 0 radical (unpaired) electrons. The first kappa shape index (κ1) is 17.0. The lowest BCUT2D eigenvalue weighted by Gasteiger charge is -2.17. The minimum Gasteiger partial charge on any atom is -0.366 e. The van der Waals surface area contributed by atoms with Gasteiger partial charge in [-0.25, -0.2) is 17.2 Å². The van der Waals surface area contributed by atoms with Gasteiger partial charge in [-0.05, 0) is 30.3 Å². The molecule has 2 N–H and O–H groups in total. The van der Waals surface area contributed by atoms with E-state index in [2.05, 4.69) is 0 Å². The number of halogens is 2. The molecule has 1 amide bonds. The van der Waals surface area contributed by atoms with Crippen molar-refractivity contribution in [3.63, 3.8) is 0 Å². The van der Waals surface area contributed by atoms with Crippen molar-refractivity contribution in [1.82, 2.24) is 4.31 Å². The van der Waals surface area contributed by atoms with Crippen LogP contribution in [0.15, 0.2) is 47.4 Å². The highest BCUT2D eigenvalue weighted by Gasteiger charge is 2.22. The molecule has 122 valence electrons. The zero-order chi connectivity index (χ0) is 17.2. The molecule has 0 aromatic heterocycles. The Kier molecular flexibility index (Phi) is 4.76. The molecule has 0 saturated carbocycles. The van der Waals surface area contributed by atoms with Gasteiger partial charge in [-0.2, -0.15) is 4.31 Å². The number of amides is 1. The van der Waals surface area contributed by atoms with Gasteiger partial charge in [0.2, 0.25) is 15.9 Å². The molecule has 0 aliphatic carbocycles. The largest absolute Gasteiger partial charge is 0.366 e. The predicted molar refractivity (Wildman–Crippen MR) is 80.0 cm³/mol. The molecule has 23 heavy (non-hydrogen) atoms. The second-order valence-corrected chi connectivity index (χ2v) is 6.93. The minimum absolute atomic E-state index is 0.0474. The highest BCUT2D eigenvalue weighted by Crippen LogP contribution is 2.19. The molecule has 8 heteroatoms. The van der Waals surface area contributed by atoms with Crippen molar-refractivity contribution >= 4 is 15.9 Å². The van der Waals surface area contributed by atoms with E-state index >= 15 is 0 Å². The summed E-state index contributed by atoms with van der Waals surface area (Å²) in [6, 6.07) is 8.01. The van der Waals surface area contributed by atoms with E-state index in [4.69, 9.17) is 5.73 Å². The van der Waals surface area contributed by atoms with Crippen LogP contribution in [0.2, 0.25) is 0 Å². The lowest BCUT2D eigenvalue weighted by atomic mass is 10.2. The van der Waals surface area contributed by atoms with E-state index in [0.29, 0.717) is 6.07 Å². The first-order valence-corrected chi connectivity index (χ1v) is 7.96. The molecule has 0 atom stereocenters. The standard InChI is InChI=1S/C15H14F2N2O3S/c1-19(9-11-2-5-12(16)8-14(11)17)23(21,22)13-6-3-10(4-7-13)15(18)20/h2-8H,9H2,1H3,(H2,18,20). The highest BCUT2D eigenvalue weighted by molar-refractivity contribution is 7.89. The highest BCUT2D eigenvalue weighted by atomic mass is 32.2. The summed E-state index contributed by atoms with van der Waals surface area (Å²) in [5.74, 6) is -2.23. The fraction of sp³-hybridized carbons (Fsp3) is 0.133. The molecule has 0 aliphatic rings. The van der Waals surface area contributed by atoms with Crippen LogP contribution in [0, 0.1) is 11.6 Å². The molecule has 0 unspecified atom stereocenters. The van der Waals surface area contributed by atoms with Crippen molar-refractivity contribution in [3.05, 3.63) is 65.2 Å². The van der Waals surface area contributed by atoms with Crippen LogP contribution >= 0.6 is 0 Å². The molecule has 0 aliphatic heterocycles. The number of carbonyl (C=O) groups is 1. The van der Waals surface area contributed by atoms with Crippen molar-refractivity contribution in [2.75, 3.05) is 7.05 Å². The monoisotopic (exact) mass is 340 g/mol. The predicted octanol–water partition coefficient (Wildman–Crippen LogP) is 1.88. The number of nitrogens with two attached hydrogens (primary N) is 1. The van der Waals surface area contributed by atoms with Crippen LogP contribution in [0.4, 0.5) is 8.78 Å². The Morgan fingerprint density at radius 3 is 2.26 bits per heavy atom. The number of primary amides is 1. The summed E-state index contributed by atoms with van der Waals surface area (Å²) in [6.45, 7) is -0.258. The maximum absolute atomic E-state index is 13.6. The van der Waals surface area contributed by atoms with Crippen molar-refractivity contribution in [1.29, 1.82) is 0 Å². The van der Waals surface area contributed by atoms with Crippen LogP contribution < -0.4 is 5.73 Å². The first-order valence-electron chi connectivity index (χ1n) is 6.52. The third-order valence-electron chi connectivity index (χ3n) is 3.26. The maximum Gasteiger partial charge on any atom is 0.248 e. The van der Waals surface area contributed by atoms with Crippen molar-refractivity contribution < 1.29 is 22.0 Å². The summed E-state index contributed by atoms with van der Waals surface area (Å²) in [7, 11) is -2.61. The Balaban J connectivity index is 2.26. The average molecular weight is 340 g/mol. The van der Waals surface area contributed by atoms with Gasteiger partial charge in [-0.15, -0.1) is 0 Å². The molecule has 2 aromatic carbocycles. The Morgan fingerprint density at radius 2 is 1.74 bits per heavy atom. The zero-order valence-corrected chi connectivity index (χ0v) is 13.0. The molecule has 2 rings (SSSR count). The van der Waals surface area contributed by atoms with E-state index in [-0.39, 0.29) is 22.6 Å². The average Bonchev–Trinajstić information content (AvgIpc) is 2.50. The van der Waals surface area contributed by atoms with Crippen molar-refractivity contribution in [2.45, 2.75) is 11.4 Å². The van der Waals surface area contributed by atoms with Gasteiger partial charge in [0, 0.05) is 30.8 Å². The van der Waals surface area contributed by atoms with Crippen LogP contribution in [0.3, 0.4) is 0 Å². The van der Waals surface area contributed by atoms with Crippen LogP contribution in [-0.2, 0) is 16.6 Å². The second-order valence-electron chi connectivity index (χ2n) is 4.89. The van der Waals surface area contributed by atoms with Gasteiger partial charge in [0.15, 0.2) is 0 Å². The van der Waals surface area contributed by atoms with E-state index in [1.54, 1.807) is 0 Å². The van der Waals surface area contributed by atoms with Crippen molar-refractivity contribution in [2.24, 2.45) is 5.73 Å². The lowest BCUT2D eigenvalue weighted by Crippen LogP contribution is -2.27. The number of hydrogen-bond acceptors (Lipinski definition) is 3. The Morgan fingerprint density at radius 1 is 1.13 bits per heavy atom. The van der Waals surface area contributed by atoms with Crippen LogP contribution in [0.1, 0.15) is 15.9 Å². The van der Waals surface area contributed by atoms with Crippen LogP contribution in [0.25, 0.3) is 0 Å². The number of rotatable bonds is 5. The van der Waals surface area contributed by atoms with E-state index in [0.717, 1.165) is 10.4 Å². The minimum atomic E-state index is -3.89. The van der Waals surface area contributed by atoms with Gasteiger partial charge in [-0.1, -0.05) is 6.07 Å². The third-order valence-corrected chi connectivity index (χ3v) is 5.07. The van der Waals surface area contributed by atoms with Crippen LogP contribution in [0.5, 0.6) is 0 Å². The normalized spacial score (nSPS) is 11.7. The summed E-state index contributed by atoms with van der Waals surface area (Å²) in [5, 5.41) is 0. The number of carbonyl (C=O) groups excluding carboxylic acids is 1. The summed E-state index contributed by atoms with van der Waals surface area (Å²) < 4.78 is 52.3. The smallest absolute Gasteiger partial charge is 0.248 e. The molecule has 0 bridgehead atoms. The molecule has 0 fully saturated rings. The van der Waals surface area contributed by atoms with E-state index in [1.165, 1.54) is 37.4 Å². The SMILES string of the molecule is CN(Cc1ccc(F)cc1F)S(=O)(=O)c1ccc(C(N)=O)cc1. The first-order chi connectivity index (χ1) is 10.7. The Bertz CT molecular complexity index is 836. The van der Waals surface area contributed by atoms with E-state index < -0.39 is 27.6 Å². The van der Waals surface area contributed by atoms with Gasteiger partial charge in [0.1, 0.15) is 11.6 Å². The third kappa shape index (κ3) is 3.72. The quantitative estimate of drug-likeness (QED) is 0.902. The summed E-state index contributed by atoms with van der Waals surface area (Å²) in [4.78, 5) is 10.9. The number of nitrogens with zero attached hydrogens (tertiary/aromatic N) is 1. The number of sulfonamides is 1. The van der Waals surface area contributed by atoms with Gasteiger partial charge in [0.05, 0.1) is 4.90 Å². The van der Waals surface area contributed by atoms with E-state index in [1.807, 2.05) is 0 Å². The molecular weight excluding hydrogens is 326 g/mol. The topological polar surface area (TPSA) is 80.5 Å². The molecule has 0 heterocycles. The van der Waals surface area contributed by atoms with Gasteiger partial charge >= 0.3 is 0 Å². The van der Waals surface area contributed by atoms with E-state index in [9.17, 15) is 22.0 Å². The summed E-state index contributed by atoms with van der Waals surface area (Å²) >= 11 is 0. The number of hydrogen-bond donors (Lipinski definition) is 1. The molecule has 5 nitrogen and oxygen atoms in total. The second kappa shape index (κ2) is 6.43. The fourth-order valence-corrected chi connectivity index (χ4v) is 3.09. The Labute approximate surface area is 132 Å². The molecule has 0 spiro atoms. The van der Waals surface area contributed by atoms with Gasteiger partial charge in [0.25, 0.3) is 0 Å². The summed E-state index contributed by atoms with van der Waals surface area (Å²) in [6.07, 6.45) is 0. The zero-order valence-electron chi connectivity index (χ0n) is 12.2. The lowest BCUT2D eigenvalue weighted by molar-refractivity contribution is 0.1000. The number of benzene rings is 2. The van der Waals surface area contributed by atoms with Crippen molar-refractivity contribution in [3.8, 4) is 0 Å². The fourth-order valence-electron chi connectivity index (χ4n) is 1.95.